The van der Waals surface area contributed by atoms with Crippen molar-refractivity contribution in [2.45, 2.75) is 25.4 Å². The lowest BCUT2D eigenvalue weighted by Crippen LogP contribution is -2.45. The fraction of sp³-hybridized carbons (Fsp3) is 0.571. The van der Waals surface area contributed by atoms with Crippen LogP contribution in [0.25, 0.3) is 0 Å². The van der Waals surface area contributed by atoms with Gasteiger partial charge in [-0.25, -0.2) is 10.1 Å². The Bertz CT molecular complexity index is 471. The number of nitro groups is 1. The summed E-state index contributed by atoms with van der Waals surface area (Å²) in [5.41, 5.74) is 10.8. The molecule has 20 heavy (non-hydrogen) atoms. The molecule has 0 saturated heterocycles. The molecule has 1 unspecified atom stereocenters. The zero-order valence-electron chi connectivity index (χ0n) is 10.3. The molecular formula is C7H14N10O3. The maximum Gasteiger partial charge on any atom is 0.269 e. The molecule has 1 rings (SSSR count). The van der Waals surface area contributed by atoms with E-state index in [1.807, 2.05) is 0 Å². The Balaban J connectivity index is 2.20. The van der Waals surface area contributed by atoms with Crippen molar-refractivity contribution in [1.29, 1.82) is 0 Å². The van der Waals surface area contributed by atoms with Gasteiger partial charge in [-0.3, -0.25) is 10.1 Å². The van der Waals surface area contributed by atoms with Crippen LogP contribution in [0.1, 0.15) is 19.3 Å². The molecule has 0 aliphatic rings. The highest BCUT2D eigenvalue weighted by Gasteiger charge is 2.09. The Morgan fingerprint density at radius 1 is 1.60 bits per heavy atom. The highest BCUT2D eigenvalue weighted by molar-refractivity contribution is 5.88. The van der Waals surface area contributed by atoms with Gasteiger partial charge in [0.1, 0.15) is 5.10 Å². The maximum absolute atomic E-state index is 11.4. The molecule has 0 saturated carbocycles. The minimum Gasteiger partial charge on any atom is -0.365 e. The standard InChI is InChI=1S/C7H14N10O3/c8-4(10-6(9)14-17(19)20)2-1-3-5(18)11-7-12-15-16-13-7/h4H,1-3,8H2,(H3,9,10,14)(H2,11,12,13,15,16,18). The SMILES string of the molecule is NC(=N[N+](=O)[O-])NC(N)CCCC(=O)Nc1nn[nH]n1. The maximum atomic E-state index is 11.4. The van der Waals surface area contributed by atoms with Crippen molar-refractivity contribution >= 4 is 17.8 Å². The van der Waals surface area contributed by atoms with Gasteiger partial charge in [0.25, 0.3) is 11.9 Å². The largest absolute Gasteiger partial charge is 0.365 e. The Morgan fingerprint density at radius 3 is 2.95 bits per heavy atom. The van der Waals surface area contributed by atoms with Crippen molar-refractivity contribution < 1.29 is 9.83 Å². The molecule has 1 atom stereocenters. The lowest BCUT2D eigenvalue weighted by molar-refractivity contribution is -0.485. The number of aromatic amines is 1. The fourth-order valence-electron chi connectivity index (χ4n) is 1.26. The molecule has 110 valence electrons. The molecule has 1 aromatic rings. The van der Waals surface area contributed by atoms with Gasteiger partial charge in [0.05, 0.1) is 6.17 Å². The lowest BCUT2D eigenvalue weighted by atomic mass is 10.2. The average molecular weight is 286 g/mol. The number of carbonyl (C=O) groups is 1. The van der Waals surface area contributed by atoms with Crippen molar-refractivity contribution in [3.63, 3.8) is 0 Å². The van der Waals surface area contributed by atoms with E-state index >= 15 is 0 Å². The summed E-state index contributed by atoms with van der Waals surface area (Å²) in [7, 11) is 0. The molecule has 0 radical (unpaired) electrons. The first kappa shape index (κ1) is 15.2. The first-order valence-electron chi connectivity index (χ1n) is 5.51. The number of hydrogen-bond donors (Lipinski definition) is 5. The molecule has 13 heteroatoms. The van der Waals surface area contributed by atoms with Crippen molar-refractivity contribution in [1.82, 2.24) is 25.9 Å². The third-order valence-electron chi connectivity index (χ3n) is 2.04. The van der Waals surface area contributed by atoms with Crippen LogP contribution in [0.3, 0.4) is 0 Å². The molecule has 0 aliphatic carbocycles. The molecule has 13 nitrogen and oxygen atoms in total. The Kier molecular flexibility index (Phi) is 5.76. The number of hydrogen-bond acceptors (Lipinski definition) is 7. The summed E-state index contributed by atoms with van der Waals surface area (Å²) in [6.45, 7) is 0. The number of tetrazole rings is 1. The van der Waals surface area contributed by atoms with Gasteiger partial charge in [0.2, 0.25) is 5.91 Å². The highest BCUT2D eigenvalue weighted by Crippen LogP contribution is 2.00. The van der Waals surface area contributed by atoms with Crippen LogP contribution >= 0.6 is 0 Å². The molecule has 0 spiro atoms. The number of hydrazone groups is 1. The van der Waals surface area contributed by atoms with Gasteiger partial charge >= 0.3 is 0 Å². The topological polar surface area (TPSA) is 203 Å². The number of anilines is 1. The zero-order valence-corrected chi connectivity index (χ0v) is 10.3. The van der Waals surface area contributed by atoms with Crippen LogP contribution in [0.4, 0.5) is 5.95 Å². The molecule has 0 bridgehead atoms. The van der Waals surface area contributed by atoms with Gasteiger partial charge in [0, 0.05) is 6.42 Å². The quantitative estimate of drug-likeness (QED) is 0.120. The smallest absolute Gasteiger partial charge is 0.269 e. The van der Waals surface area contributed by atoms with Crippen LogP contribution in [0, 0.1) is 10.1 Å². The molecule has 0 aliphatic heterocycles. The molecule has 1 amide bonds. The third kappa shape index (κ3) is 6.20. The Morgan fingerprint density at radius 2 is 2.35 bits per heavy atom. The monoisotopic (exact) mass is 286 g/mol. The summed E-state index contributed by atoms with van der Waals surface area (Å²) in [4.78, 5) is 21.5. The second-order valence-electron chi connectivity index (χ2n) is 3.65. The normalized spacial score (nSPS) is 12.8. The zero-order chi connectivity index (χ0) is 15.0. The van der Waals surface area contributed by atoms with Crippen LogP contribution in [0.2, 0.25) is 0 Å². The number of nitrogens with two attached hydrogens (primary N) is 2. The summed E-state index contributed by atoms with van der Waals surface area (Å²) in [5.74, 6) is -0.607. The number of nitrogens with one attached hydrogen (secondary N) is 3. The number of aromatic nitrogens is 4. The van der Waals surface area contributed by atoms with E-state index < -0.39 is 17.2 Å². The average Bonchev–Trinajstić information content (AvgIpc) is 2.80. The summed E-state index contributed by atoms with van der Waals surface area (Å²) in [6, 6.07) is 0. The number of rotatable bonds is 7. The number of H-pyrrole nitrogens is 1. The fourth-order valence-corrected chi connectivity index (χ4v) is 1.26. The summed E-state index contributed by atoms with van der Waals surface area (Å²) in [6.07, 6.45) is 0.338. The number of carbonyl (C=O) groups excluding carboxylic acids is 1. The van der Waals surface area contributed by atoms with Gasteiger partial charge in [-0.2, -0.15) is 5.21 Å². The summed E-state index contributed by atoms with van der Waals surface area (Å²) >= 11 is 0. The van der Waals surface area contributed by atoms with E-state index in [4.69, 9.17) is 11.5 Å². The summed E-state index contributed by atoms with van der Waals surface area (Å²) < 4.78 is 0. The van der Waals surface area contributed by atoms with E-state index in [1.54, 1.807) is 0 Å². The van der Waals surface area contributed by atoms with Crippen LogP contribution in [-0.2, 0) is 4.79 Å². The molecule has 1 heterocycles. The van der Waals surface area contributed by atoms with E-state index in [9.17, 15) is 14.9 Å². The summed E-state index contributed by atoms with van der Waals surface area (Å²) in [5, 5.41) is 29.3. The van der Waals surface area contributed by atoms with E-state index in [1.165, 1.54) is 0 Å². The van der Waals surface area contributed by atoms with Gasteiger partial charge in [-0.15, -0.1) is 5.10 Å². The van der Waals surface area contributed by atoms with Crippen LogP contribution in [-0.4, -0.2) is 43.7 Å². The number of guanidine groups is 1. The lowest BCUT2D eigenvalue weighted by Gasteiger charge is -2.12. The molecule has 0 aromatic carbocycles. The highest BCUT2D eigenvalue weighted by atomic mass is 16.7. The predicted octanol–water partition coefficient (Wildman–Crippen LogP) is -2.31. The van der Waals surface area contributed by atoms with Crippen molar-refractivity contribution in [3.8, 4) is 0 Å². The molecule has 1 aromatic heterocycles. The first-order valence-corrected chi connectivity index (χ1v) is 5.51. The predicted molar refractivity (Wildman–Crippen MR) is 66.4 cm³/mol. The van der Waals surface area contributed by atoms with Gasteiger partial charge in [-0.1, -0.05) is 5.10 Å². The van der Waals surface area contributed by atoms with E-state index in [0.29, 0.717) is 12.8 Å². The minimum atomic E-state index is -0.937. The third-order valence-corrected chi connectivity index (χ3v) is 2.04. The van der Waals surface area contributed by atoms with Crippen molar-refractivity contribution in [3.05, 3.63) is 10.1 Å². The Labute approximate surface area is 112 Å². The van der Waals surface area contributed by atoms with Crippen LogP contribution in [0.15, 0.2) is 5.10 Å². The van der Waals surface area contributed by atoms with Gasteiger partial charge in [-0.05, 0) is 18.1 Å². The van der Waals surface area contributed by atoms with Crippen molar-refractivity contribution in [2.24, 2.45) is 16.6 Å². The number of nitrogens with zero attached hydrogens (tertiary/aromatic N) is 5. The second kappa shape index (κ2) is 7.57. The van der Waals surface area contributed by atoms with Crippen LogP contribution in [0.5, 0.6) is 0 Å². The molecular weight excluding hydrogens is 272 g/mol. The second-order valence-corrected chi connectivity index (χ2v) is 3.65. The molecule has 0 fully saturated rings. The number of amides is 1. The van der Waals surface area contributed by atoms with Gasteiger partial charge in [0.15, 0.2) is 5.03 Å². The van der Waals surface area contributed by atoms with Gasteiger partial charge < -0.3 is 16.8 Å². The van der Waals surface area contributed by atoms with Crippen molar-refractivity contribution in [2.75, 3.05) is 5.32 Å². The Hall–Kier alpha value is -2.83. The first-order chi connectivity index (χ1) is 9.47. The van der Waals surface area contributed by atoms with E-state index in [2.05, 4.69) is 36.4 Å². The molecule has 7 N–H and O–H groups in total. The van der Waals surface area contributed by atoms with Crippen LogP contribution < -0.4 is 22.1 Å². The minimum absolute atomic E-state index is 0.0831. The van der Waals surface area contributed by atoms with E-state index in [-0.39, 0.29) is 18.3 Å². The van der Waals surface area contributed by atoms with E-state index in [0.717, 1.165) is 0 Å².